The minimum absolute atomic E-state index is 0.0273. The maximum Gasteiger partial charge on any atom is 0.228 e. The Morgan fingerprint density at radius 2 is 2.10 bits per heavy atom. The van der Waals surface area contributed by atoms with Crippen molar-refractivity contribution in [1.82, 2.24) is 0 Å². The molecule has 1 aliphatic rings. The molecule has 1 aromatic rings. The van der Waals surface area contributed by atoms with Crippen molar-refractivity contribution in [3.63, 3.8) is 0 Å². The summed E-state index contributed by atoms with van der Waals surface area (Å²) in [6, 6.07) is 3.07. The second kappa shape index (κ2) is 5.84. The molecular weight excluding hydrogens is 321 g/mol. The summed E-state index contributed by atoms with van der Waals surface area (Å²) < 4.78 is 13.8. The predicted molar refractivity (Wildman–Crippen MR) is 83.2 cm³/mol. The van der Waals surface area contributed by atoms with Gasteiger partial charge in [-0.15, -0.1) is 0 Å². The predicted octanol–water partition coefficient (Wildman–Crippen LogP) is 5.05. The molecule has 1 fully saturated rings. The van der Waals surface area contributed by atoms with Crippen molar-refractivity contribution in [2.45, 2.75) is 46.5 Å². The number of hydrogen-bond acceptors (Lipinski definition) is 1. The van der Waals surface area contributed by atoms with E-state index >= 15 is 0 Å². The van der Waals surface area contributed by atoms with Crippen LogP contribution in [0.2, 0.25) is 0 Å². The first-order chi connectivity index (χ1) is 9.31. The molecule has 0 bridgehead atoms. The molecule has 110 valence electrons. The number of aryl methyl sites for hydroxylation is 1. The highest BCUT2D eigenvalue weighted by Gasteiger charge is 2.37. The van der Waals surface area contributed by atoms with Crippen molar-refractivity contribution >= 4 is 27.5 Å². The fourth-order valence-corrected chi connectivity index (χ4v) is 3.32. The summed E-state index contributed by atoms with van der Waals surface area (Å²) in [4.78, 5) is 12.5. The fraction of sp³-hybridized carbons (Fsp3) is 0.562. The second-order valence-corrected chi connectivity index (χ2v) is 7.21. The Labute approximate surface area is 128 Å². The number of anilines is 1. The lowest BCUT2D eigenvalue weighted by atomic mass is 9.68. The largest absolute Gasteiger partial charge is 0.326 e. The lowest BCUT2D eigenvalue weighted by molar-refractivity contribution is -0.124. The summed E-state index contributed by atoms with van der Waals surface area (Å²) in [5.41, 5.74) is 1.46. The Hall–Kier alpha value is -0.900. The molecule has 1 saturated carbocycles. The molecule has 0 spiro atoms. The van der Waals surface area contributed by atoms with E-state index in [1.54, 1.807) is 13.0 Å². The van der Waals surface area contributed by atoms with Gasteiger partial charge in [0.1, 0.15) is 5.82 Å². The van der Waals surface area contributed by atoms with E-state index in [1.807, 2.05) is 0 Å². The van der Waals surface area contributed by atoms with Gasteiger partial charge in [0, 0.05) is 11.6 Å². The number of benzene rings is 1. The first-order valence-electron chi connectivity index (χ1n) is 7.08. The normalized spacial score (nSPS) is 21.6. The highest BCUT2D eigenvalue weighted by molar-refractivity contribution is 9.10. The van der Waals surface area contributed by atoms with Crippen LogP contribution in [0, 0.1) is 24.1 Å². The van der Waals surface area contributed by atoms with Gasteiger partial charge in [-0.3, -0.25) is 4.79 Å². The molecule has 0 saturated heterocycles. The van der Waals surface area contributed by atoms with Gasteiger partial charge in [0.05, 0.1) is 4.47 Å². The molecule has 0 heterocycles. The zero-order valence-corrected chi connectivity index (χ0v) is 13.8. The molecule has 2 nitrogen and oxygen atoms in total. The van der Waals surface area contributed by atoms with Crippen molar-refractivity contribution in [3.8, 4) is 0 Å². The van der Waals surface area contributed by atoms with Crippen molar-refractivity contribution in [1.29, 1.82) is 0 Å². The number of rotatable bonds is 2. The molecule has 1 N–H and O–H groups in total. The van der Waals surface area contributed by atoms with Gasteiger partial charge in [0.15, 0.2) is 0 Å². The zero-order valence-electron chi connectivity index (χ0n) is 12.2. The molecule has 0 aromatic heterocycles. The highest BCUT2D eigenvalue weighted by Crippen LogP contribution is 2.41. The standard InChI is InChI=1S/C16H21BrFNO/c1-10-8-13(18)12(17)9-14(10)19-15(20)11-6-4-5-7-16(11,2)3/h8-9,11H,4-7H2,1-3H3,(H,19,20). The van der Waals surface area contributed by atoms with Gasteiger partial charge in [-0.1, -0.05) is 26.7 Å². The minimum atomic E-state index is -0.307. The summed E-state index contributed by atoms with van der Waals surface area (Å²) in [6.45, 7) is 6.12. The van der Waals surface area contributed by atoms with E-state index in [-0.39, 0.29) is 23.1 Å². The molecule has 0 radical (unpaired) electrons. The quantitative estimate of drug-likeness (QED) is 0.800. The molecule has 4 heteroatoms. The van der Waals surface area contributed by atoms with Crippen LogP contribution in [-0.2, 0) is 4.79 Å². The first kappa shape index (κ1) is 15.5. The number of amides is 1. The third-order valence-corrected chi connectivity index (χ3v) is 4.96. The summed E-state index contributed by atoms with van der Waals surface area (Å²) in [5, 5.41) is 2.97. The van der Waals surface area contributed by atoms with Crippen LogP contribution in [-0.4, -0.2) is 5.91 Å². The number of halogens is 2. The van der Waals surface area contributed by atoms with E-state index in [4.69, 9.17) is 0 Å². The second-order valence-electron chi connectivity index (χ2n) is 6.36. The number of carbonyl (C=O) groups excluding carboxylic acids is 1. The SMILES string of the molecule is Cc1cc(F)c(Br)cc1NC(=O)C1CCCCC1(C)C. The topological polar surface area (TPSA) is 29.1 Å². The van der Waals surface area contributed by atoms with Gasteiger partial charge >= 0.3 is 0 Å². The molecule has 1 aliphatic carbocycles. The lowest BCUT2D eigenvalue weighted by Gasteiger charge is -2.37. The van der Waals surface area contributed by atoms with E-state index in [0.29, 0.717) is 10.2 Å². The molecule has 1 amide bonds. The van der Waals surface area contributed by atoms with E-state index in [1.165, 1.54) is 12.5 Å². The zero-order chi connectivity index (χ0) is 14.9. The van der Waals surface area contributed by atoms with Crippen LogP contribution in [0.1, 0.15) is 45.1 Å². The van der Waals surface area contributed by atoms with Crippen LogP contribution in [0.5, 0.6) is 0 Å². The van der Waals surface area contributed by atoms with Crippen LogP contribution in [0.4, 0.5) is 10.1 Å². The van der Waals surface area contributed by atoms with E-state index < -0.39 is 0 Å². The number of carbonyl (C=O) groups is 1. The van der Waals surface area contributed by atoms with Crippen molar-refractivity contribution in [2.24, 2.45) is 11.3 Å². The average molecular weight is 342 g/mol. The monoisotopic (exact) mass is 341 g/mol. The van der Waals surface area contributed by atoms with Crippen molar-refractivity contribution in [3.05, 3.63) is 28.0 Å². The molecule has 1 atom stereocenters. The highest BCUT2D eigenvalue weighted by atomic mass is 79.9. The lowest BCUT2D eigenvalue weighted by Crippen LogP contribution is -2.37. The maximum absolute atomic E-state index is 13.4. The van der Waals surface area contributed by atoms with E-state index in [2.05, 4.69) is 35.1 Å². The van der Waals surface area contributed by atoms with Crippen LogP contribution in [0.3, 0.4) is 0 Å². The maximum atomic E-state index is 13.4. The van der Waals surface area contributed by atoms with Crippen LogP contribution in [0.15, 0.2) is 16.6 Å². The minimum Gasteiger partial charge on any atom is -0.326 e. The Bertz CT molecular complexity index is 527. The van der Waals surface area contributed by atoms with Crippen LogP contribution < -0.4 is 5.32 Å². The van der Waals surface area contributed by atoms with E-state index in [9.17, 15) is 9.18 Å². The van der Waals surface area contributed by atoms with Crippen LogP contribution in [0.25, 0.3) is 0 Å². The van der Waals surface area contributed by atoms with Gasteiger partial charge in [-0.25, -0.2) is 4.39 Å². The van der Waals surface area contributed by atoms with Gasteiger partial charge in [-0.2, -0.15) is 0 Å². The van der Waals surface area contributed by atoms with Crippen molar-refractivity contribution in [2.75, 3.05) is 5.32 Å². The molecule has 1 unspecified atom stereocenters. The molecular formula is C16H21BrFNO. The molecule has 1 aromatic carbocycles. The first-order valence-corrected chi connectivity index (χ1v) is 7.87. The Morgan fingerprint density at radius 3 is 2.75 bits per heavy atom. The van der Waals surface area contributed by atoms with Gasteiger partial charge in [0.2, 0.25) is 5.91 Å². The fourth-order valence-electron chi connectivity index (χ4n) is 2.98. The average Bonchev–Trinajstić information content (AvgIpc) is 2.35. The van der Waals surface area contributed by atoms with Gasteiger partial charge in [-0.05, 0) is 58.8 Å². The third kappa shape index (κ3) is 3.22. The Balaban J connectivity index is 2.17. The molecule has 20 heavy (non-hydrogen) atoms. The molecule has 0 aliphatic heterocycles. The third-order valence-electron chi connectivity index (χ3n) is 4.35. The van der Waals surface area contributed by atoms with Gasteiger partial charge in [0.25, 0.3) is 0 Å². The number of hydrogen-bond donors (Lipinski definition) is 1. The number of nitrogens with one attached hydrogen (secondary N) is 1. The summed E-state index contributed by atoms with van der Waals surface area (Å²) in [6.07, 6.45) is 4.31. The summed E-state index contributed by atoms with van der Waals surface area (Å²) >= 11 is 3.16. The Morgan fingerprint density at radius 1 is 1.40 bits per heavy atom. The van der Waals surface area contributed by atoms with E-state index in [0.717, 1.165) is 24.8 Å². The smallest absolute Gasteiger partial charge is 0.228 e. The Kier molecular flexibility index (Phi) is 4.52. The van der Waals surface area contributed by atoms with Crippen LogP contribution >= 0.6 is 15.9 Å². The van der Waals surface area contributed by atoms with Gasteiger partial charge < -0.3 is 5.32 Å². The summed E-state index contributed by atoms with van der Waals surface area (Å²) in [5.74, 6) is -0.228. The van der Waals surface area contributed by atoms with Crippen molar-refractivity contribution < 1.29 is 9.18 Å². The summed E-state index contributed by atoms with van der Waals surface area (Å²) in [7, 11) is 0. The molecule has 2 rings (SSSR count).